The van der Waals surface area contributed by atoms with Crippen LogP contribution in [0.15, 0.2) is 30.3 Å². The standard InChI is InChI=1S/C25H38N2O5/c1-24(2,3)32-23(29)27-16-13-21(17-25(27,4)5)31-20-11-14-26(15-12-20)22(28)30-18-19-9-7-6-8-10-19/h6-10,20-21H,11-18H2,1-5H3/t21-/m1/s1. The van der Waals surface area contributed by atoms with Gasteiger partial charge < -0.3 is 24.0 Å². The summed E-state index contributed by atoms with van der Waals surface area (Å²) in [4.78, 5) is 28.5. The number of ether oxygens (including phenoxy) is 3. The number of likely N-dealkylation sites (tertiary alicyclic amines) is 2. The van der Waals surface area contributed by atoms with Crippen molar-refractivity contribution < 1.29 is 23.8 Å². The first kappa shape index (κ1) is 24.4. The second-order valence-corrected chi connectivity index (χ2v) is 10.4. The molecule has 2 amide bonds. The smallest absolute Gasteiger partial charge is 0.410 e. The van der Waals surface area contributed by atoms with Crippen molar-refractivity contribution in [2.24, 2.45) is 0 Å². The molecule has 0 aromatic heterocycles. The van der Waals surface area contributed by atoms with Gasteiger partial charge in [0.2, 0.25) is 0 Å². The lowest BCUT2D eigenvalue weighted by atomic mass is 9.88. The van der Waals surface area contributed by atoms with E-state index >= 15 is 0 Å². The van der Waals surface area contributed by atoms with Gasteiger partial charge >= 0.3 is 12.2 Å². The third-order valence-electron chi connectivity index (χ3n) is 6.04. The predicted molar refractivity (Wildman–Crippen MR) is 122 cm³/mol. The molecule has 0 unspecified atom stereocenters. The number of piperidine rings is 2. The molecule has 0 saturated carbocycles. The van der Waals surface area contributed by atoms with E-state index in [1.165, 1.54) is 0 Å². The zero-order valence-electron chi connectivity index (χ0n) is 20.1. The number of hydrogen-bond acceptors (Lipinski definition) is 5. The second kappa shape index (κ2) is 10.1. The summed E-state index contributed by atoms with van der Waals surface area (Å²) >= 11 is 0. The molecule has 0 N–H and O–H groups in total. The molecule has 2 aliphatic rings. The Bertz CT molecular complexity index is 766. The maximum absolute atomic E-state index is 12.6. The van der Waals surface area contributed by atoms with Crippen LogP contribution in [0.5, 0.6) is 0 Å². The van der Waals surface area contributed by atoms with E-state index in [1.54, 1.807) is 4.90 Å². The van der Waals surface area contributed by atoms with E-state index in [9.17, 15) is 9.59 Å². The van der Waals surface area contributed by atoms with Gasteiger partial charge in [-0.3, -0.25) is 0 Å². The van der Waals surface area contributed by atoms with Crippen LogP contribution in [0.1, 0.15) is 65.9 Å². The largest absolute Gasteiger partial charge is 0.445 e. The zero-order chi connectivity index (χ0) is 23.4. The number of amides is 2. The summed E-state index contributed by atoms with van der Waals surface area (Å²) in [6, 6.07) is 9.71. The Hall–Kier alpha value is -2.28. The molecule has 32 heavy (non-hydrogen) atoms. The Kier molecular flexibility index (Phi) is 7.70. The number of rotatable bonds is 4. The van der Waals surface area contributed by atoms with Crippen molar-refractivity contribution in [2.45, 2.75) is 90.3 Å². The van der Waals surface area contributed by atoms with Crippen molar-refractivity contribution in [2.75, 3.05) is 19.6 Å². The highest BCUT2D eigenvalue weighted by molar-refractivity contribution is 5.69. The van der Waals surface area contributed by atoms with Gasteiger partial charge in [0, 0.05) is 25.2 Å². The maximum atomic E-state index is 12.6. The van der Waals surface area contributed by atoms with Gasteiger partial charge in [0.1, 0.15) is 12.2 Å². The van der Waals surface area contributed by atoms with Crippen LogP contribution >= 0.6 is 0 Å². The lowest BCUT2D eigenvalue weighted by molar-refractivity contribution is -0.0912. The molecule has 0 bridgehead atoms. The monoisotopic (exact) mass is 446 g/mol. The normalized spacial score (nSPS) is 21.8. The van der Waals surface area contributed by atoms with E-state index in [1.807, 2.05) is 56.0 Å². The fraction of sp³-hybridized carbons (Fsp3) is 0.680. The summed E-state index contributed by atoms with van der Waals surface area (Å²) in [6.45, 7) is 12.0. The molecule has 178 valence electrons. The van der Waals surface area contributed by atoms with Gasteiger partial charge in [0.05, 0.1) is 12.2 Å². The van der Waals surface area contributed by atoms with Crippen molar-refractivity contribution in [3.63, 3.8) is 0 Å². The van der Waals surface area contributed by atoms with Crippen molar-refractivity contribution in [3.8, 4) is 0 Å². The molecule has 2 aliphatic heterocycles. The predicted octanol–water partition coefficient (Wildman–Crippen LogP) is 4.98. The Labute approximate surface area is 192 Å². The molecular formula is C25H38N2O5. The van der Waals surface area contributed by atoms with Crippen LogP contribution in [0, 0.1) is 0 Å². The van der Waals surface area contributed by atoms with Gasteiger partial charge in [-0.25, -0.2) is 9.59 Å². The number of carbonyl (C=O) groups is 2. The summed E-state index contributed by atoms with van der Waals surface area (Å²) < 4.78 is 17.4. The van der Waals surface area contributed by atoms with Gasteiger partial charge in [-0.15, -0.1) is 0 Å². The van der Waals surface area contributed by atoms with E-state index in [4.69, 9.17) is 14.2 Å². The number of nitrogens with zero attached hydrogens (tertiary/aromatic N) is 2. The Morgan fingerprint density at radius 1 is 0.969 bits per heavy atom. The minimum Gasteiger partial charge on any atom is -0.445 e. The summed E-state index contributed by atoms with van der Waals surface area (Å²) in [6.07, 6.45) is 2.86. The minimum absolute atomic E-state index is 0.102. The van der Waals surface area contributed by atoms with Crippen LogP contribution in [-0.4, -0.2) is 65.0 Å². The summed E-state index contributed by atoms with van der Waals surface area (Å²) in [5.74, 6) is 0. The molecule has 3 rings (SSSR count). The Morgan fingerprint density at radius 3 is 2.19 bits per heavy atom. The summed E-state index contributed by atoms with van der Waals surface area (Å²) in [7, 11) is 0. The van der Waals surface area contributed by atoms with Crippen LogP contribution in [-0.2, 0) is 20.8 Å². The van der Waals surface area contributed by atoms with Gasteiger partial charge in [-0.05, 0) is 65.9 Å². The molecule has 0 aliphatic carbocycles. The highest BCUT2D eigenvalue weighted by Gasteiger charge is 2.41. The van der Waals surface area contributed by atoms with E-state index in [0.29, 0.717) is 26.2 Å². The summed E-state index contributed by atoms with van der Waals surface area (Å²) in [5.41, 5.74) is 0.156. The highest BCUT2D eigenvalue weighted by atomic mass is 16.6. The molecule has 1 aromatic rings. The number of hydrogen-bond donors (Lipinski definition) is 0. The van der Waals surface area contributed by atoms with Crippen LogP contribution in [0.2, 0.25) is 0 Å². The van der Waals surface area contributed by atoms with E-state index in [2.05, 4.69) is 13.8 Å². The van der Waals surface area contributed by atoms with E-state index in [-0.39, 0.29) is 29.9 Å². The molecular weight excluding hydrogens is 408 g/mol. The van der Waals surface area contributed by atoms with E-state index in [0.717, 1.165) is 31.2 Å². The molecule has 0 spiro atoms. The fourth-order valence-electron chi connectivity index (χ4n) is 4.37. The molecule has 2 heterocycles. The average molecular weight is 447 g/mol. The van der Waals surface area contributed by atoms with Gasteiger partial charge in [-0.1, -0.05) is 30.3 Å². The summed E-state index contributed by atoms with van der Waals surface area (Å²) in [5, 5.41) is 0. The third kappa shape index (κ3) is 6.86. The molecule has 1 aromatic carbocycles. The molecule has 1 atom stereocenters. The lowest BCUT2D eigenvalue weighted by Gasteiger charge is -2.46. The average Bonchev–Trinajstić information content (AvgIpc) is 2.71. The van der Waals surface area contributed by atoms with Crippen molar-refractivity contribution in [1.29, 1.82) is 0 Å². The van der Waals surface area contributed by atoms with Crippen LogP contribution in [0.4, 0.5) is 9.59 Å². The SMILES string of the molecule is CC(C)(C)OC(=O)N1CC[C@@H](OC2CCN(C(=O)OCc3ccccc3)CC2)CC1(C)C. The zero-order valence-corrected chi connectivity index (χ0v) is 20.1. The van der Waals surface area contributed by atoms with Crippen LogP contribution in [0.3, 0.4) is 0 Å². The quantitative estimate of drug-likeness (QED) is 0.652. The topological polar surface area (TPSA) is 68.3 Å². The van der Waals surface area contributed by atoms with Crippen molar-refractivity contribution >= 4 is 12.2 Å². The molecule has 0 radical (unpaired) electrons. The van der Waals surface area contributed by atoms with Gasteiger partial charge in [0.15, 0.2) is 0 Å². The van der Waals surface area contributed by atoms with Gasteiger partial charge in [0.25, 0.3) is 0 Å². The first-order valence-electron chi connectivity index (χ1n) is 11.7. The van der Waals surface area contributed by atoms with Crippen LogP contribution in [0.25, 0.3) is 0 Å². The van der Waals surface area contributed by atoms with Crippen LogP contribution < -0.4 is 0 Å². The molecule has 2 fully saturated rings. The maximum Gasteiger partial charge on any atom is 0.410 e. The first-order valence-corrected chi connectivity index (χ1v) is 11.7. The molecule has 7 nitrogen and oxygen atoms in total. The number of benzene rings is 1. The van der Waals surface area contributed by atoms with Crippen molar-refractivity contribution in [1.82, 2.24) is 9.80 Å². The van der Waals surface area contributed by atoms with E-state index < -0.39 is 5.60 Å². The molecule has 7 heteroatoms. The Balaban J connectivity index is 1.41. The first-order chi connectivity index (χ1) is 15.0. The highest BCUT2D eigenvalue weighted by Crippen LogP contribution is 2.32. The van der Waals surface area contributed by atoms with Gasteiger partial charge in [-0.2, -0.15) is 0 Å². The lowest BCUT2D eigenvalue weighted by Crippen LogP contribution is -2.56. The van der Waals surface area contributed by atoms with Crippen molar-refractivity contribution in [3.05, 3.63) is 35.9 Å². The fourth-order valence-corrected chi connectivity index (χ4v) is 4.37. The second-order valence-electron chi connectivity index (χ2n) is 10.4. The minimum atomic E-state index is -0.503. The number of carbonyl (C=O) groups excluding carboxylic acids is 2. The molecule has 2 saturated heterocycles. The Morgan fingerprint density at radius 2 is 1.59 bits per heavy atom. The third-order valence-corrected chi connectivity index (χ3v) is 6.04.